The van der Waals surface area contributed by atoms with Crippen molar-refractivity contribution < 1.29 is 23.9 Å². The number of nitrogens with one attached hydrogen (secondary N) is 1. The standard InChI is InChI=1S/C16H28N4O5/c1-16(2,3)25-15(23)18-9-6-5-7-12(14(22)24-4)11-13(21)8-10-19-20-17/h12H,5-11H2,1-4H3,(H,18,23)/t12-/m1/s1. The van der Waals surface area contributed by atoms with Crippen molar-refractivity contribution in [1.29, 1.82) is 0 Å². The first-order chi connectivity index (χ1) is 11.7. The number of esters is 1. The number of ether oxygens (including phenoxy) is 2. The summed E-state index contributed by atoms with van der Waals surface area (Å²) < 4.78 is 9.84. The van der Waals surface area contributed by atoms with Crippen molar-refractivity contribution >= 4 is 17.8 Å². The van der Waals surface area contributed by atoms with Crippen LogP contribution in [0.15, 0.2) is 5.11 Å². The lowest BCUT2D eigenvalue weighted by Gasteiger charge is -2.19. The Balaban J connectivity index is 4.16. The van der Waals surface area contributed by atoms with Crippen LogP contribution in [0.1, 0.15) is 52.9 Å². The molecule has 1 N–H and O–H groups in total. The van der Waals surface area contributed by atoms with Gasteiger partial charge >= 0.3 is 12.1 Å². The number of carbonyl (C=O) groups excluding carboxylic acids is 3. The molecule has 0 unspecified atom stereocenters. The molecule has 0 spiro atoms. The minimum atomic E-state index is -0.546. The van der Waals surface area contributed by atoms with E-state index in [2.05, 4.69) is 15.3 Å². The van der Waals surface area contributed by atoms with Crippen LogP contribution >= 0.6 is 0 Å². The largest absolute Gasteiger partial charge is 0.469 e. The first-order valence-electron chi connectivity index (χ1n) is 8.27. The number of Topliss-reactive ketones (excluding diaryl/α,β-unsaturated/α-hetero) is 1. The van der Waals surface area contributed by atoms with Gasteiger partial charge < -0.3 is 14.8 Å². The molecular weight excluding hydrogens is 328 g/mol. The molecule has 0 rings (SSSR count). The van der Waals surface area contributed by atoms with Crippen LogP contribution in [-0.4, -0.2) is 43.6 Å². The Morgan fingerprint density at radius 1 is 1.24 bits per heavy atom. The highest BCUT2D eigenvalue weighted by molar-refractivity contribution is 5.84. The normalized spacial score (nSPS) is 11.8. The van der Waals surface area contributed by atoms with Gasteiger partial charge in [-0.15, -0.1) is 0 Å². The highest BCUT2D eigenvalue weighted by Crippen LogP contribution is 2.16. The molecule has 0 saturated carbocycles. The summed E-state index contributed by atoms with van der Waals surface area (Å²) in [4.78, 5) is 37.6. The summed E-state index contributed by atoms with van der Waals surface area (Å²) in [6, 6.07) is 0. The molecule has 0 radical (unpaired) electrons. The zero-order valence-electron chi connectivity index (χ0n) is 15.4. The molecule has 0 aromatic rings. The zero-order valence-corrected chi connectivity index (χ0v) is 15.4. The number of rotatable bonds is 11. The Kier molecular flexibility index (Phi) is 11.0. The smallest absolute Gasteiger partial charge is 0.407 e. The quantitative estimate of drug-likeness (QED) is 0.200. The van der Waals surface area contributed by atoms with E-state index in [0.717, 1.165) is 0 Å². The van der Waals surface area contributed by atoms with Gasteiger partial charge in [0.15, 0.2) is 0 Å². The summed E-state index contributed by atoms with van der Waals surface area (Å²) in [5.41, 5.74) is 7.64. The number of carbonyl (C=O) groups is 3. The van der Waals surface area contributed by atoms with Crippen LogP contribution in [0.5, 0.6) is 0 Å². The van der Waals surface area contributed by atoms with E-state index >= 15 is 0 Å². The maximum absolute atomic E-state index is 11.8. The van der Waals surface area contributed by atoms with Gasteiger partial charge in [-0.25, -0.2) is 4.79 Å². The van der Waals surface area contributed by atoms with Gasteiger partial charge in [-0.1, -0.05) is 11.5 Å². The van der Waals surface area contributed by atoms with Crippen LogP contribution in [0.4, 0.5) is 4.79 Å². The van der Waals surface area contributed by atoms with Crippen molar-refractivity contribution in [1.82, 2.24) is 5.32 Å². The van der Waals surface area contributed by atoms with E-state index in [1.54, 1.807) is 20.8 Å². The molecule has 9 heteroatoms. The highest BCUT2D eigenvalue weighted by Gasteiger charge is 2.22. The van der Waals surface area contributed by atoms with Crippen LogP contribution in [0.3, 0.4) is 0 Å². The molecule has 0 aliphatic heterocycles. The number of hydrogen-bond donors (Lipinski definition) is 1. The van der Waals surface area contributed by atoms with Gasteiger partial charge in [-0.2, -0.15) is 0 Å². The third-order valence-corrected chi connectivity index (χ3v) is 3.21. The summed E-state index contributed by atoms with van der Waals surface area (Å²) in [5.74, 6) is -1.10. The molecule has 0 heterocycles. The maximum Gasteiger partial charge on any atom is 0.407 e. The molecule has 0 saturated heterocycles. The Hall–Kier alpha value is -2.28. The molecule has 0 fully saturated rings. The molecule has 25 heavy (non-hydrogen) atoms. The topological polar surface area (TPSA) is 130 Å². The van der Waals surface area contributed by atoms with Gasteiger partial charge in [-0.3, -0.25) is 9.59 Å². The number of unbranched alkanes of at least 4 members (excludes halogenated alkanes) is 1. The third kappa shape index (κ3) is 12.8. The number of azide groups is 1. The first-order valence-corrected chi connectivity index (χ1v) is 8.27. The number of ketones is 1. The second-order valence-electron chi connectivity index (χ2n) is 6.59. The van der Waals surface area contributed by atoms with Crippen LogP contribution in [-0.2, 0) is 19.1 Å². The van der Waals surface area contributed by atoms with E-state index in [4.69, 9.17) is 15.0 Å². The summed E-state index contributed by atoms with van der Waals surface area (Å²) in [5, 5.41) is 5.94. The van der Waals surface area contributed by atoms with Gasteiger partial charge in [0.2, 0.25) is 0 Å². The Morgan fingerprint density at radius 3 is 2.48 bits per heavy atom. The first kappa shape index (κ1) is 22.7. The van der Waals surface area contributed by atoms with Gasteiger partial charge in [0.25, 0.3) is 0 Å². The van der Waals surface area contributed by atoms with Crippen molar-refractivity contribution in [2.75, 3.05) is 20.2 Å². The Morgan fingerprint density at radius 2 is 1.92 bits per heavy atom. The molecule has 0 aromatic heterocycles. The predicted molar refractivity (Wildman–Crippen MR) is 91.8 cm³/mol. The lowest BCUT2D eigenvalue weighted by molar-refractivity contribution is -0.147. The molecule has 1 amide bonds. The summed E-state index contributed by atoms with van der Waals surface area (Å²) in [6.07, 6.45) is 1.48. The summed E-state index contributed by atoms with van der Waals surface area (Å²) in [6.45, 7) is 5.86. The second kappa shape index (κ2) is 12.1. The van der Waals surface area contributed by atoms with Gasteiger partial charge in [0, 0.05) is 30.8 Å². The third-order valence-electron chi connectivity index (χ3n) is 3.21. The fourth-order valence-corrected chi connectivity index (χ4v) is 2.09. The average Bonchev–Trinajstić information content (AvgIpc) is 2.51. The molecule has 0 aromatic carbocycles. The Bertz CT molecular complexity index is 495. The van der Waals surface area contributed by atoms with E-state index in [9.17, 15) is 14.4 Å². The van der Waals surface area contributed by atoms with E-state index in [-0.39, 0.29) is 25.2 Å². The number of amides is 1. The van der Waals surface area contributed by atoms with Crippen LogP contribution in [0, 0.1) is 5.92 Å². The SMILES string of the molecule is COC(=O)[C@H](CCCCNC(=O)OC(C)(C)C)CC(=O)CCN=[N+]=[N-]. The van der Waals surface area contributed by atoms with Crippen molar-refractivity contribution in [3.8, 4) is 0 Å². The van der Waals surface area contributed by atoms with Crippen LogP contribution in [0.2, 0.25) is 0 Å². The Labute approximate surface area is 148 Å². The minimum Gasteiger partial charge on any atom is -0.469 e. The van der Waals surface area contributed by atoms with Crippen molar-refractivity contribution in [3.63, 3.8) is 0 Å². The molecule has 142 valence electrons. The monoisotopic (exact) mass is 356 g/mol. The number of hydrogen-bond acceptors (Lipinski definition) is 6. The van der Waals surface area contributed by atoms with Gasteiger partial charge in [-0.05, 0) is 39.1 Å². The predicted octanol–water partition coefficient (Wildman–Crippen LogP) is 3.13. The van der Waals surface area contributed by atoms with Crippen LogP contribution < -0.4 is 5.32 Å². The van der Waals surface area contributed by atoms with Crippen LogP contribution in [0.25, 0.3) is 10.4 Å². The molecular formula is C16H28N4O5. The van der Waals surface area contributed by atoms with E-state index < -0.39 is 23.6 Å². The molecule has 9 nitrogen and oxygen atoms in total. The van der Waals surface area contributed by atoms with Crippen molar-refractivity contribution in [2.24, 2.45) is 11.0 Å². The minimum absolute atomic E-state index is 0.0626. The van der Waals surface area contributed by atoms with E-state index in [1.165, 1.54) is 7.11 Å². The van der Waals surface area contributed by atoms with Crippen molar-refractivity contribution in [2.45, 2.75) is 58.5 Å². The zero-order chi connectivity index (χ0) is 19.3. The summed E-state index contributed by atoms with van der Waals surface area (Å²) in [7, 11) is 1.28. The highest BCUT2D eigenvalue weighted by atomic mass is 16.6. The lowest BCUT2D eigenvalue weighted by atomic mass is 9.95. The fraction of sp³-hybridized carbons (Fsp3) is 0.812. The number of nitrogens with zero attached hydrogens (tertiary/aromatic N) is 3. The van der Waals surface area contributed by atoms with Crippen molar-refractivity contribution in [3.05, 3.63) is 10.4 Å². The molecule has 0 bridgehead atoms. The van der Waals surface area contributed by atoms with Gasteiger partial charge in [0.05, 0.1) is 13.0 Å². The van der Waals surface area contributed by atoms with E-state index in [1.807, 2.05) is 0 Å². The maximum atomic E-state index is 11.8. The number of alkyl carbamates (subject to hydrolysis) is 1. The number of methoxy groups -OCH3 is 1. The van der Waals surface area contributed by atoms with Gasteiger partial charge in [0.1, 0.15) is 11.4 Å². The molecule has 0 aliphatic rings. The second-order valence-corrected chi connectivity index (χ2v) is 6.59. The average molecular weight is 356 g/mol. The molecule has 0 aliphatic carbocycles. The lowest BCUT2D eigenvalue weighted by Crippen LogP contribution is -2.33. The molecule has 1 atom stereocenters. The summed E-state index contributed by atoms with van der Waals surface area (Å²) >= 11 is 0. The fourth-order valence-electron chi connectivity index (χ4n) is 2.09. The van der Waals surface area contributed by atoms with E-state index in [0.29, 0.717) is 25.8 Å².